The van der Waals surface area contributed by atoms with Crippen LogP contribution in [0.15, 0.2) is 47.5 Å². The van der Waals surface area contributed by atoms with Crippen molar-refractivity contribution >= 4 is 35.6 Å². The van der Waals surface area contributed by atoms with E-state index >= 15 is 0 Å². The number of benzene rings is 2. The topological polar surface area (TPSA) is 79.6 Å². The molecule has 26 heavy (non-hydrogen) atoms. The fraction of sp³-hybridized carbons (Fsp3) is 0.235. The molecule has 0 aliphatic carbocycles. The van der Waals surface area contributed by atoms with Gasteiger partial charge in [-0.2, -0.15) is 0 Å². The Bertz CT molecular complexity index is 802. The van der Waals surface area contributed by atoms with Gasteiger partial charge in [0.15, 0.2) is 17.6 Å². The van der Waals surface area contributed by atoms with E-state index in [2.05, 4.69) is 15.6 Å². The predicted molar refractivity (Wildman–Crippen MR) is 107 cm³/mol. The lowest BCUT2D eigenvalue weighted by Gasteiger charge is -2.18. The minimum Gasteiger partial charge on any atom is -0.352 e. The standard InChI is InChI=1S/C17H18F2N4O2.HI/c1-11(13-6-7-15(18)16(19)9-13)22-17(20-2)21-10-12-4-3-5-14(8-12)23(24)25;/h3-9,11H,10H2,1-2H3,(H2,20,21,22);1H. The van der Waals surface area contributed by atoms with Gasteiger partial charge in [0.25, 0.3) is 5.69 Å². The Balaban J connectivity index is 0.00000338. The number of hydrogen-bond donors (Lipinski definition) is 2. The molecule has 0 fully saturated rings. The SMILES string of the molecule is CN=C(NCc1cccc([N+](=O)[O-])c1)NC(C)c1ccc(F)c(F)c1.I. The predicted octanol–water partition coefficient (Wildman–Crippen LogP) is 3.92. The summed E-state index contributed by atoms with van der Waals surface area (Å²) in [5.74, 6) is -1.38. The summed E-state index contributed by atoms with van der Waals surface area (Å²) in [4.78, 5) is 14.4. The first-order valence-corrected chi connectivity index (χ1v) is 7.56. The zero-order valence-electron chi connectivity index (χ0n) is 14.2. The van der Waals surface area contributed by atoms with E-state index in [9.17, 15) is 18.9 Å². The Morgan fingerprint density at radius 3 is 2.58 bits per heavy atom. The normalized spacial score (nSPS) is 12.1. The third-order valence-electron chi connectivity index (χ3n) is 3.60. The van der Waals surface area contributed by atoms with Crippen molar-refractivity contribution in [1.29, 1.82) is 0 Å². The molecule has 9 heteroatoms. The van der Waals surface area contributed by atoms with Crippen LogP contribution in [0, 0.1) is 21.7 Å². The van der Waals surface area contributed by atoms with Crippen molar-refractivity contribution in [3.8, 4) is 0 Å². The highest BCUT2D eigenvalue weighted by Gasteiger charge is 2.11. The molecule has 1 atom stereocenters. The molecule has 2 aromatic carbocycles. The van der Waals surface area contributed by atoms with Crippen LogP contribution in [0.1, 0.15) is 24.1 Å². The third kappa shape index (κ3) is 5.90. The highest BCUT2D eigenvalue weighted by atomic mass is 127. The molecule has 0 radical (unpaired) electrons. The first-order valence-electron chi connectivity index (χ1n) is 7.56. The van der Waals surface area contributed by atoms with Gasteiger partial charge in [-0.05, 0) is 30.2 Å². The summed E-state index contributed by atoms with van der Waals surface area (Å²) in [5.41, 5.74) is 1.30. The molecule has 0 saturated heterocycles. The first-order chi connectivity index (χ1) is 11.9. The second-order valence-corrected chi connectivity index (χ2v) is 5.39. The Hall–Kier alpha value is -2.30. The van der Waals surface area contributed by atoms with Crippen LogP contribution in [0.25, 0.3) is 0 Å². The van der Waals surface area contributed by atoms with Crippen molar-refractivity contribution in [2.24, 2.45) is 4.99 Å². The molecule has 0 bridgehead atoms. The van der Waals surface area contributed by atoms with Crippen molar-refractivity contribution in [1.82, 2.24) is 10.6 Å². The lowest BCUT2D eigenvalue weighted by atomic mass is 10.1. The van der Waals surface area contributed by atoms with Gasteiger partial charge >= 0.3 is 0 Å². The monoisotopic (exact) mass is 476 g/mol. The Morgan fingerprint density at radius 1 is 1.23 bits per heavy atom. The molecule has 6 nitrogen and oxygen atoms in total. The molecule has 0 spiro atoms. The van der Waals surface area contributed by atoms with E-state index < -0.39 is 16.6 Å². The van der Waals surface area contributed by atoms with Crippen molar-refractivity contribution in [2.75, 3.05) is 7.05 Å². The van der Waals surface area contributed by atoms with E-state index in [0.29, 0.717) is 18.1 Å². The highest BCUT2D eigenvalue weighted by Crippen LogP contribution is 2.16. The Labute approximate surface area is 166 Å². The molecule has 0 amide bonds. The van der Waals surface area contributed by atoms with Gasteiger partial charge in [0.05, 0.1) is 11.0 Å². The van der Waals surface area contributed by atoms with Crippen molar-refractivity contribution in [3.63, 3.8) is 0 Å². The number of nitrogens with zero attached hydrogens (tertiary/aromatic N) is 2. The van der Waals surface area contributed by atoms with E-state index in [0.717, 1.165) is 17.7 Å². The van der Waals surface area contributed by atoms with Crippen LogP contribution in [-0.4, -0.2) is 17.9 Å². The number of nitrogens with one attached hydrogen (secondary N) is 2. The molecule has 2 rings (SSSR count). The largest absolute Gasteiger partial charge is 0.352 e. The van der Waals surface area contributed by atoms with E-state index in [4.69, 9.17) is 0 Å². The molecule has 0 aliphatic rings. The van der Waals surface area contributed by atoms with Gasteiger partial charge in [-0.25, -0.2) is 8.78 Å². The Kier molecular flexibility index (Phi) is 8.36. The summed E-state index contributed by atoms with van der Waals surface area (Å²) in [5, 5.41) is 16.9. The molecular formula is C17H19F2IN4O2. The van der Waals surface area contributed by atoms with Crippen molar-refractivity contribution in [2.45, 2.75) is 19.5 Å². The van der Waals surface area contributed by atoms with Gasteiger partial charge in [0, 0.05) is 25.7 Å². The molecule has 2 N–H and O–H groups in total. The number of aliphatic imine (C=N–C) groups is 1. The van der Waals surface area contributed by atoms with Gasteiger partial charge in [0.2, 0.25) is 0 Å². The fourth-order valence-corrected chi connectivity index (χ4v) is 2.23. The van der Waals surface area contributed by atoms with Crippen LogP contribution in [0.2, 0.25) is 0 Å². The number of nitro groups is 1. The third-order valence-corrected chi connectivity index (χ3v) is 3.60. The van der Waals surface area contributed by atoms with Gasteiger partial charge in [0.1, 0.15) is 0 Å². The van der Waals surface area contributed by atoms with Gasteiger partial charge in [-0.1, -0.05) is 18.2 Å². The van der Waals surface area contributed by atoms with E-state index in [1.54, 1.807) is 26.1 Å². The van der Waals surface area contributed by atoms with Crippen LogP contribution in [-0.2, 0) is 6.54 Å². The average molecular weight is 476 g/mol. The summed E-state index contributed by atoms with van der Waals surface area (Å²) in [6.07, 6.45) is 0. The summed E-state index contributed by atoms with van der Waals surface area (Å²) in [6.45, 7) is 2.11. The van der Waals surface area contributed by atoms with Crippen molar-refractivity contribution in [3.05, 3.63) is 75.3 Å². The van der Waals surface area contributed by atoms with E-state index in [1.807, 2.05) is 0 Å². The lowest BCUT2D eigenvalue weighted by Crippen LogP contribution is -2.38. The number of guanidine groups is 1. The smallest absolute Gasteiger partial charge is 0.269 e. The maximum Gasteiger partial charge on any atom is 0.269 e. The number of rotatable bonds is 5. The molecule has 2 aromatic rings. The van der Waals surface area contributed by atoms with Gasteiger partial charge < -0.3 is 10.6 Å². The first kappa shape index (κ1) is 21.7. The lowest BCUT2D eigenvalue weighted by molar-refractivity contribution is -0.384. The van der Waals surface area contributed by atoms with Crippen LogP contribution >= 0.6 is 24.0 Å². The average Bonchev–Trinajstić information content (AvgIpc) is 2.60. The molecule has 1 unspecified atom stereocenters. The van der Waals surface area contributed by atoms with Crippen LogP contribution in [0.4, 0.5) is 14.5 Å². The van der Waals surface area contributed by atoms with E-state index in [-0.39, 0.29) is 35.7 Å². The summed E-state index contributed by atoms with van der Waals surface area (Å²) in [7, 11) is 1.57. The Morgan fingerprint density at radius 2 is 1.96 bits per heavy atom. The van der Waals surface area contributed by atoms with E-state index in [1.165, 1.54) is 18.2 Å². The molecule has 0 aromatic heterocycles. The summed E-state index contributed by atoms with van der Waals surface area (Å²) < 4.78 is 26.3. The maximum absolute atomic E-state index is 13.3. The fourth-order valence-electron chi connectivity index (χ4n) is 2.23. The van der Waals surface area contributed by atoms with Crippen molar-refractivity contribution < 1.29 is 13.7 Å². The highest BCUT2D eigenvalue weighted by molar-refractivity contribution is 14.0. The second-order valence-electron chi connectivity index (χ2n) is 5.39. The minimum atomic E-state index is -0.911. The quantitative estimate of drug-likeness (QED) is 0.226. The van der Waals surface area contributed by atoms with Gasteiger partial charge in [-0.15, -0.1) is 24.0 Å². The minimum absolute atomic E-state index is 0. The van der Waals surface area contributed by atoms with Crippen LogP contribution < -0.4 is 10.6 Å². The second kappa shape index (κ2) is 10.00. The number of non-ortho nitro benzene ring substituents is 1. The van der Waals surface area contributed by atoms with Crippen LogP contribution in [0.3, 0.4) is 0 Å². The zero-order chi connectivity index (χ0) is 18.4. The summed E-state index contributed by atoms with van der Waals surface area (Å²) >= 11 is 0. The molecule has 0 saturated carbocycles. The summed E-state index contributed by atoms with van der Waals surface area (Å²) in [6, 6.07) is 9.63. The zero-order valence-corrected chi connectivity index (χ0v) is 16.5. The van der Waals surface area contributed by atoms with Gasteiger partial charge in [-0.3, -0.25) is 15.1 Å². The maximum atomic E-state index is 13.3. The number of halogens is 3. The molecule has 140 valence electrons. The molecule has 0 heterocycles. The molecule has 0 aliphatic heterocycles. The molecular weight excluding hydrogens is 457 g/mol. The van der Waals surface area contributed by atoms with Crippen LogP contribution in [0.5, 0.6) is 0 Å². The number of hydrogen-bond acceptors (Lipinski definition) is 3. The number of nitro benzene ring substituents is 1.